The van der Waals surface area contributed by atoms with E-state index in [-0.39, 0.29) is 24.8 Å². The Morgan fingerprint density at radius 2 is 1.73 bits per heavy atom. The molecule has 1 fully saturated rings. The highest BCUT2D eigenvalue weighted by Gasteiger charge is 2.24. The van der Waals surface area contributed by atoms with Crippen LogP contribution in [-0.2, 0) is 0 Å². The second-order valence-electron chi connectivity index (χ2n) is 5.94. The van der Waals surface area contributed by atoms with Crippen molar-refractivity contribution in [1.29, 1.82) is 0 Å². The first kappa shape index (κ1) is 22.3. The molecule has 0 amide bonds. The highest BCUT2D eigenvalue weighted by Crippen LogP contribution is 2.34. The Labute approximate surface area is 156 Å². The predicted molar refractivity (Wildman–Crippen MR) is 102 cm³/mol. The van der Waals surface area contributed by atoms with Crippen molar-refractivity contribution >= 4 is 48.0 Å². The summed E-state index contributed by atoms with van der Waals surface area (Å²) in [5.74, 6) is 0.714. The Morgan fingerprint density at radius 1 is 1.09 bits per heavy atom. The minimum atomic E-state index is 0. The molecule has 1 saturated heterocycles. The standard InChI is InChI=1S/C16H24Cl2N2.2ClH/c1-12(2)3-6-16(20-9-7-19-8-10-20)14-5-4-13(17)11-15(14)18;;/h4-5,11-12,16,19H,3,6-10H2,1-2H3;2*1H/t16-;;/m1../s1. The van der Waals surface area contributed by atoms with Crippen molar-refractivity contribution in [2.24, 2.45) is 5.92 Å². The van der Waals surface area contributed by atoms with E-state index in [0.717, 1.165) is 37.6 Å². The maximum atomic E-state index is 6.43. The molecule has 0 saturated carbocycles. The zero-order valence-corrected chi connectivity index (χ0v) is 16.3. The summed E-state index contributed by atoms with van der Waals surface area (Å²) in [5.41, 5.74) is 1.22. The van der Waals surface area contributed by atoms with Crippen molar-refractivity contribution in [3.63, 3.8) is 0 Å². The van der Waals surface area contributed by atoms with E-state index in [9.17, 15) is 0 Å². The topological polar surface area (TPSA) is 15.3 Å². The van der Waals surface area contributed by atoms with Gasteiger partial charge in [0, 0.05) is 42.3 Å². The second kappa shape index (κ2) is 11.0. The molecule has 2 nitrogen and oxygen atoms in total. The number of halogens is 4. The van der Waals surface area contributed by atoms with Crippen LogP contribution >= 0.6 is 48.0 Å². The fourth-order valence-corrected chi connectivity index (χ4v) is 3.33. The Kier molecular flexibility index (Phi) is 11.1. The number of hydrogen-bond acceptors (Lipinski definition) is 2. The summed E-state index contributed by atoms with van der Waals surface area (Å²) in [6.45, 7) is 8.84. The first-order valence-corrected chi connectivity index (χ1v) is 8.23. The van der Waals surface area contributed by atoms with Crippen molar-refractivity contribution in [1.82, 2.24) is 10.2 Å². The molecule has 0 spiro atoms. The summed E-state index contributed by atoms with van der Waals surface area (Å²) >= 11 is 12.5. The van der Waals surface area contributed by atoms with Gasteiger partial charge >= 0.3 is 0 Å². The van der Waals surface area contributed by atoms with Crippen LogP contribution < -0.4 is 5.32 Å². The molecule has 6 heteroatoms. The summed E-state index contributed by atoms with van der Waals surface area (Å²) in [7, 11) is 0. The van der Waals surface area contributed by atoms with E-state index in [4.69, 9.17) is 23.2 Å². The number of nitrogens with one attached hydrogen (secondary N) is 1. The predicted octanol–water partition coefficient (Wildman–Crippen LogP) is 5.22. The molecule has 1 aromatic rings. The molecular weight excluding hydrogens is 362 g/mol. The van der Waals surface area contributed by atoms with Crippen molar-refractivity contribution in [2.45, 2.75) is 32.7 Å². The molecule has 1 N–H and O–H groups in total. The van der Waals surface area contributed by atoms with Crippen molar-refractivity contribution < 1.29 is 0 Å². The van der Waals surface area contributed by atoms with Gasteiger partial charge in [-0.05, 0) is 36.5 Å². The number of piperazine rings is 1. The fraction of sp³-hybridized carbons (Fsp3) is 0.625. The van der Waals surface area contributed by atoms with Gasteiger partial charge in [0.05, 0.1) is 0 Å². The molecule has 2 rings (SSSR count). The molecule has 0 radical (unpaired) electrons. The van der Waals surface area contributed by atoms with Gasteiger partial charge in [0.25, 0.3) is 0 Å². The SMILES string of the molecule is CC(C)CC[C@H](c1ccc(Cl)cc1Cl)N1CCNCC1.Cl.Cl. The third kappa shape index (κ3) is 6.43. The van der Waals surface area contributed by atoms with Crippen LogP contribution in [0.25, 0.3) is 0 Å². The van der Waals surface area contributed by atoms with Crippen molar-refractivity contribution in [2.75, 3.05) is 26.2 Å². The average molecular weight is 388 g/mol. The highest BCUT2D eigenvalue weighted by molar-refractivity contribution is 6.35. The number of rotatable bonds is 5. The average Bonchev–Trinajstić information content (AvgIpc) is 2.42. The number of hydrogen-bond donors (Lipinski definition) is 1. The monoisotopic (exact) mass is 386 g/mol. The maximum Gasteiger partial charge on any atom is 0.0468 e. The molecule has 1 heterocycles. The van der Waals surface area contributed by atoms with Gasteiger partial charge in [-0.1, -0.05) is 43.1 Å². The smallest absolute Gasteiger partial charge is 0.0468 e. The van der Waals surface area contributed by atoms with E-state index in [0.29, 0.717) is 17.0 Å². The van der Waals surface area contributed by atoms with Crippen molar-refractivity contribution in [3.05, 3.63) is 33.8 Å². The van der Waals surface area contributed by atoms with Crippen LogP contribution in [-0.4, -0.2) is 31.1 Å². The molecule has 1 atom stereocenters. The van der Waals surface area contributed by atoms with Crippen LogP contribution in [0.2, 0.25) is 10.0 Å². The molecular formula is C16H26Cl4N2. The third-order valence-electron chi connectivity index (χ3n) is 3.93. The van der Waals surface area contributed by atoms with Crippen LogP contribution in [0.5, 0.6) is 0 Å². The second-order valence-corrected chi connectivity index (χ2v) is 6.78. The van der Waals surface area contributed by atoms with Gasteiger partial charge in [-0.2, -0.15) is 0 Å². The van der Waals surface area contributed by atoms with E-state index in [1.165, 1.54) is 12.0 Å². The third-order valence-corrected chi connectivity index (χ3v) is 4.49. The van der Waals surface area contributed by atoms with Gasteiger partial charge in [0.15, 0.2) is 0 Å². The Morgan fingerprint density at radius 3 is 2.27 bits per heavy atom. The zero-order chi connectivity index (χ0) is 14.5. The van der Waals surface area contributed by atoms with E-state index < -0.39 is 0 Å². The largest absolute Gasteiger partial charge is 0.314 e. The number of nitrogens with zero attached hydrogens (tertiary/aromatic N) is 1. The normalized spacial score (nSPS) is 16.8. The van der Waals surface area contributed by atoms with Crippen LogP contribution in [0.4, 0.5) is 0 Å². The molecule has 1 aliphatic rings. The van der Waals surface area contributed by atoms with Crippen molar-refractivity contribution in [3.8, 4) is 0 Å². The number of benzene rings is 1. The molecule has 0 aliphatic carbocycles. The fourth-order valence-electron chi connectivity index (χ4n) is 2.79. The Bertz CT molecular complexity index is 434. The van der Waals surface area contributed by atoms with Gasteiger partial charge < -0.3 is 5.32 Å². The maximum absolute atomic E-state index is 6.43. The molecule has 22 heavy (non-hydrogen) atoms. The Hall–Kier alpha value is 0.300. The van der Waals surface area contributed by atoms with Gasteiger partial charge in [0.1, 0.15) is 0 Å². The lowest BCUT2D eigenvalue weighted by Crippen LogP contribution is -2.45. The van der Waals surface area contributed by atoms with Crippen LogP contribution in [0.15, 0.2) is 18.2 Å². The molecule has 1 aliphatic heterocycles. The highest BCUT2D eigenvalue weighted by atomic mass is 35.5. The molecule has 128 valence electrons. The molecule has 0 aromatic heterocycles. The van der Waals surface area contributed by atoms with Crippen LogP contribution in [0.1, 0.15) is 38.3 Å². The van der Waals surface area contributed by atoms with E-state index in [2.05, 4.69) is 30.1 Å². The molecule has 0 unspecified atom stereocenters. The lowest BCUT2D eigenvalue weighted by atomic mass is 9.95. The van der Waals surface area contributed by atoms with Gasteiger partial charge in [0.2, 0.25) is 0 Å². The van der Waals surface area contributed by atoms with Gasteiger partial charge in [-0.15, -0.1) is 24.8 Å². The van der Waals surface area contributed by atoms with E-state index in [1.807, 2.05) is 12.1 Å². The van der Waals surface area contributed by atoms with Gasteiger partial charge in [-0.3, -0.25) is 4.90 Å². The zero-order valence-electron chi connectivity index (χ0n) is 13.1. The summed E-state index contributed by atoms with van der Waals surface area (Å²) in [6, 6.07) is 6.32. The minimum absolute atomic E-state index is 0. The quantitative estimate of drug-likeness (QED) is 0.744. The van der Waals surface area contributed by atoms with Gasteiger partial charge in [-0.25, -0.2) is 0 Å². The van der Waals surface area contributed by atoms with Crippen LogP contribution in [0, 0.1) is 5.92 Å². The lowest BCUT2D eigenvalue weighted by molar-refractivity contribution is 0.160. The Balaban J connectivity index is 0.00000220. The lowest BCUT2D eigenvalue weighted by Gasteiger charge is -2.36. The minimum Gasteiger partial charge on any atom is -0.314 e. The molecule has 0 bridgehead atoms. The van der Waals surface area contributed by atoms with E-state index in [1.54, 1.807) is 0 Å². The first-order chi connectivity index (χ1) is 9.58. The summed E-state index contributed by atoms with van der Waals surface area (Å²) < 4.78 is 0. The first-order valence-electron chi connectivity index (χ1n) is 7.47. The van der Waals surface area contributed by atoms with Crippen LogP contribution in [0.3, 0.4) is 0 Å². The summed E-state index contributed by atoms with van der Waals surface area (Å²) in [5, 5.41) is 4.92. The summed E-state index contributed by atoms with van der Waals surface area (Å²) in [4.78, 5) is 2.55. The summed E-state index contributed by atoms with van der Waals surface area (Å²) in [6.07, 6.45) is 2.37. The van der Waals surface area contributed by atoms with E-state index >= 15 is 0 Å². The molecule has 1 aromatic carbocycles.